The van der Waals surface area contributed by atoms with Crippen molar-refractivity contribution < 1.29 is 19.1 Å². The largest absolute Gasteiger partial charge is 0.424 e. The minimum absolute atomic E-state index is 0.570. The van der Waals surface area contributed by atoms with Crippen LogP contribution in [0.5, 0.6) is 0 Å². The third kappa shape index (κ3) is 1.16. The Hall–Kier alpha value is -1.83. The standard InChI is InChI=1S/C5H5N4O4/c10-2-1-6-3(11)9(2)4-7-8-5(12)13-4/h1,4,7H,(H,6,11)(H,8,12). The predicted octanol–water partition coefficient (Wildman–Crippen LogP) is -1.77. The van der Waals surface area contributed by atoms with Crippen molar-refractivity contribution in [3.8, 4) is 0 Å². The maximum atomic E-state index is 11.0. The topological polar surface area (TPSA) is 99.8 Å². The molecule has 1 radical (unpaired) electrons. The van der Waals surface area contributed by atoms with E-state index in [0.29, 0.717) is 0 Å². The van der Waals surface area contributed by atoms with Gasteiger partial charge in [0.05, 0.1) is 0 Å². The van der Waals surface area contributed by atoms with Crippen molar-refractivity contribution in [2.24, 2.45) is 0 Å². The molecule has 1 unspecified atom stereocenters. The zero-order valence-electron chi connectivity index (χ0n) is 6.23. The predicted molar refractivity (Wildman–Crippen MR) is 36.2 cm³/mol. The molecule has 2 rings (SSSR count). The Kier molecular flexibility index (Phi) is 1.55. The van der Waals surface area contributed by atoms with Crippen LogP contribution in [0.25, 0.3) is 0 Å². The van der Waals surface area contributed by atoms with E-state index < -0.39 is 24.4 Å². The van der Waals surface area contributed by atoms with E-state index in [4.69, 9.17) is 0 Å². The van der Waals surface area contributed by atoms with E-state index in [1.165, 1.54) is 0 Å². The maximum absolute atomic E-state index is 11.0. The number of hydrazine groups is 1. The Morgan fingerprint density at radius 1 is 1.38 bits per heavy atom. The van der Waals surface area contributed by atoms with Crippen LogP contribution >= 0.6 is 0 Å². The summed E-state index contributed by atoms with van der Waals surface area (Å²) in [5.74, 6) is -0.570. The quantitative estimate of drug-likeness (QED) is 0.420. The van der Waals surface area contributed by atoms with Gasteiger partial charge in [0.1, 0.15) is 6.54 Å². The fourth-order valence-electron chi connectivity index (χ4n) is 0.983. The Morgan fingerprint density at radius 3 is 2.62 bits per heavy atom. The van der Waals surface area contributed by atoms with Gasteiger partial charge in [-0.15, -0.1) is 0 Å². The fourth-order valence-corrected chi connectivity index (χ4v) is 0.983. The minimum atomic E-state index is -1.08. The highest BCUT2D eigenvalue weighted by molar-refractivity contribution is 6.06. The van der Waals surface area contributed by atoms with Gasteiger partial charge in [-0.05, 0) is 0 Å². The number of urea groups is 1. The molecule has 0 aromatic carbocycles. The van der Waals surface area contributed by atoms with E-state index in [2.05, 4.69) is 20.9 Å². The van der Waals surface area contributed by atoms with E-state index in [-0.39, 0.29) is 0 Å². The summed E-state index contributed by atoms with van der Waals surface area (Å²) in [6, 6.07) is -0.640. The van der Waals surface area contributed by atoms with Crippen molar-refractivity contribution in [3.05, 3.63) is 6.54 Å². The van der Waals surface area contributed by atoms with E-state index in [9.17, 15) is 14.4 Å². The third-order valence-corrected chi connectivity index (χ3v) is 1.53. The van der Waals surface area contributed by atoms with Crippen LogP contribution in [0.1, 0.15) is 0 Å². The highest BCUT2D eigenvalue weighted by atomic mass is 16.6. The van der Waals surface area contributed by atoms with Crippen LogP contribution in [0.15, 0.2) is 0 Å². The van der Waals surface area contributed by atoms with Crippen LogP contribution in [0.4, 0.5) is 9.59 Å². The van der Waals surface area contributed by atoms with Crippen LogP contribution in [0.2, 0.25) is 0 Å². The Balaban J connectivity index is 2.11. The zero-order valence-corrected chi connectivity index (χ0v) is 6.23. The monoisotopic (exact) mass is 185 g/mol. The molecule has 2 aliphatic rings. The number of rotatable bonds is 1. The second kappa shape index (κ2) is 2.59. The summed E-state index contributed by atoms with van der Waals surface area (Å²) in [6.45, 7) is 0.982. The minimum Gasteiger partial charge on any atom is -0.408 e. The van der Waals surface area contributed by atoms with Crippen molar-refractivity contribution in [2.75, 3.05) is 0 Å². The van der Waals surface area contributed by atoms with E-state index in [0.717, 1.165) is 11.4 Å². The molecule has 3 N–H and O–H groups in total. The molecule has 0 spiro atoms. The molecule has 2 fully saturated rings. The van der Waals surface area contributed by atoms with Crippen molar-refractivity contribution in [3.63, 3.8) is 0 Å². The zero-order chi connectivity index (χ0) is 9.42. The van der Waals surface area contributed by atoms with Gasteiger partial charge in [-0.1, -0.05) is 0 Å². The molecule has 69 valence electrons. The van der Waals surface area contributed by atoms with Gasteiger partial charge < -0.3 is 10.1 Å². The van der Waals surface area contributed by atoms with Gasteiger partial charge in [0.2, 0.25) is 0 Å². The molecule has 13 heavy (non-hydrogen) atoms. The Labute approximate surface area is 72.2 Å². The number of carbonyl (C=O) groups excluding carboxylic acids is 3. The summed E-state index contributed by atoms with van der Waals surface area (Å²) >= 11 is 0. The number of nitrogens with one attached hydrogen (secondary N) is 3. The average molecular weight is 185 g/mol. The summed E-state index contributed by atoms with van der Waals surface area (Å²) in [7, 11) is 0. The lowest BCUT2D eigenvalue weighted by Gasteiger charge is -2.16. The fraction of sp³-hybridized carbons (Fsp3) is 0.200. The lowest BCUT2D eigenvalue weighted by atomic mass is 10.6. The summed E-state index contributed by atoms with van der Waals surface area (Å²) < 4.78 is 4.55. The van der Waals surface area contributed by atoms with Crippen molar-refractivity contribution in [2.45, 2.75) is 6.35 Å². The first kappa shape index (κ1) is 7.80. The number of ether oxygens (including phenoxy) is 1. The van der Waals surface area contributed by atoms with Gasteiger partial charge in [-0.2, -0.15) is 5.43 Å². The van der Waals surface area contributed by atoms with E-state index in [1.807, 2.05) is 0 Å². The van der Waals surface area contributed by atoms with Crippen molar-refractivity contribution in [1.29, 1.82) is 0 Å². The molecule has 2 heterocycles. The molecule has 0 bridgehead atoms. The van der Waals surface area contributed by atoms with Crippen LogP contribution in [-0.4, -0.2) is 29.3 Å². The molecule has 0 aromatic rings. The summed E-state index contributed by atoms with van der Waals surface area (Å²) in [5, 5.41) is 2.16. The smallest absolute Gasteiger partial charge is 0.408 e. The van der Waals surface area contributed by atoms with Gasteiger partial charge in [-0.3, -0.25) is 10.2 Å². The molecule has 1 atom stereocenters. The van der Waals surface area contributed by atoms with Crippen LogP contribution in [0.3, 0.4) is 0 Å². The molecular formula is C5H5N4O4. The SMILES string of the molecule is O=C1NNC(N2C(=O)[CH]NC2=O)O1. The Bertz CT molecular complexity index is 274. The van der Waals surface area contributed by atoms with Crippen LogP contribution < -0.4 is 16.2 Å². The van der Waals surface area contributed by atoms with Gasteiger partial charge in [0.25, 0.3) is 12.3 Å². The lowest BCUT2D eigenvalue weighted by molar-refractivity contribution is -0.129. The van der Waals surface area contributed by atoms with Crippen molar-refractivity contribution in [1.82, 2.24) is 21.1 Å². The normalized spacial score (nSPS) is 27.2. The summed E-state index contributed by atoms with van der Waals surface area (Å²) in [4.78, 5) is 33.3. The maximum Gasteiger partial charge on any atom is 0.424 e. The van der Waals surface area contributed by atoms with Gasteiger partial charge >= 0.3 is 12.1 Å². The number of hydrogen-bond acceptors (Lipinski definition) is 5. The number of cyclic esters (lactones) is 1. The number of nitrogens with zero attached hydrogens (tertiary/aromatic N) is 1. The summed E-state index contributed by atoms with van der Waals surface area (Å²) in [6.07, 6.45) is -1.82. The number of hydrogen-bond donors (Lipinski definition) is 3. The molecule has 8 nitrogen and oxygen atoms in total. The highest BCUT2D eigenvalue weighted by Crippen LogP contribution is 2.09. The number of carbonyl (C=O) groups is 3. The first-order valence-electron chi connectivity index (χ1n) is 3.37. The first-order chi connectivity index (χ1) is 6.18. The molecule has 0 saturated carbocycles. The van der Waals surface area contributed by atoms with Crippen molar-refractivity contribution >= 4 is 18.0 Å². The third-order valence-electron chi connectivity index (χ3n) is 1.53. The lowest BCUT2D eigenvalue weighted by Crippen LogP contribution is -2.48. The molecule has 4 amide bonds. The Morgan fingerprint density at radius 2 is 2.15 bits per heavy atom. The molecule has 8 heteroatoms. The molecular weight excluding hydrogens is 180 g/mol. The number of amides is 4. The van der Waals surface area contributed by atoms with E-state index >= 15 is 0 Å². The van der Waals surface area contributed by atoms with Crippen LogP contribution in [0, 0.1) is 6.54 Å². The highest BCUT2D eigenvalue weighted by Gasteiger charge is 2.40. The summed E-state index contributed by atoms with van der Waals surface area (Å²) in [5.41, 5.74) is 4.40. The van der Waals surface area contributed by atoms with E-state index in [1.54, 1.807) is 0 Å². The first-order valence-corrected chi connectivity index (χ1v) is 3.37. The molecule has 2 aliphatic heterocycles. The number of imide groups is 1. The second-order valence-electron chi connectivity index (χ2n) is 2.33. The molecule has 0 aliphatic carbocycles. The van der Waals surface area contributed by atoms with Gasteiger partial charge in [0.15, 0.2) is 0 Å². The molecule has 2 saturated heterocycles. The van der Waals surface area contributed by atoms with Crippen LogP contribution in [-0.2, 0) is 9.53 Å². The average Bonchev–Trinajstić information content (AvgIpc) is 2.60. The molecule has 0 aromatic heterocycles. The second-order valence-corrected chi connectivity index (χ2v) is 2.33. The van der Waals surface area contributed by atoms with Gasteiger partial charge in [-0.25, -0.2) is 14.5 Å². The van der Waals surface area contributed by atoms with Gasteiger partial charge in [0, 0.05) is 0 Å².